The summed E-state index contributed by atoms with van der Waals surface area (Å²) in [7, 11) is 2.29. The van der Waals surface area contributed by atoms with E-state index >= 15 is 0 Å². The summed E-state index contributed by atoms with van der Waals surface area (Å²) in [5.74, 6) is -3.69. The van der Waals surface area contributed by atoms with Gasteiger partial charge >= 0.3 is 17.8 Å². The SMILES string of the molecule is C=CCn1c(N2CCNCC2)nc2c1c(=O)n(C(OC(=O)C(F)(F)F)C(=O)NC)c(=O)n2C. The summed E-state index contributed by atoms with van der Waals surface area (Å²) in [6, 6.07) is 0. The first-order valence-electron chi connectivity index (χ1n) is 9.80. The topological polar surface area (TPSA) is 132 Å². The van der Waals surface area contributed by atoms with Gasteiger partial charge in [0.15, 0.2) is 11.2 Å². The van der Waals surface area contributed by atoms with Crippen LogP contribution in [0.3, 0.4) is 0 Å². The van der Waals surface area contributed by atoms with Gasteiger partial charge in [0.25, 0.3) is 17.7 Å². The molecule has 1 fully saturated rings. The Bertz CT molecular complexity index is 1210. The number of hydrogen-bond donors (Lipinski definition) is 2. The van der Waals surface area contributed by atoms with E-state index in [1.165, 1.54) is 17.7 Å². The van der Waals surface area contributed by atoms with Crippen LogP contribution in [0.4, 0.5) is 19.1 Å². The molecule has 2 N–H and O–H groups in total. The molecule has 3 heterocycles. The summed E-state index contributed by atoms with van der Waals surface area (Å²) < 4.78 is 45.1. The maximum absolute atomic E-state index is 13.4. The summed E-state index contributed by atoms with van der Waals surface area (Å²) in [5.41, 5.74) is -2.55. The number of carbonyl (C=O) groups excluding carboxylic acids is 2. The number of nitrogens with one attached hydrogen (secondary N) is 2. The van der Waals surface area contributed by atoms with E-state index in [0.717, 1.165) is 11.6 Å². The lowest BCUT2D eigenvalue weighted by atomic mass is 10.4. The second-order valence-corrected chi connectivity index (χ2v) is 7.11. The molecule has 2 aromatic rings. The van der Waals surface area contributed by atoms with Crippen LogP contribution in [0.15, 0.2) is 22.2 Å². The van der Waals surface area contributed by atoms with Crippen LogP contribution in [0.5, 0.6) is 0 Å². The molecule has 12 nitrogen and oxygen atoms in total. The van der Waals surface area contributed by atoms with Crippen molar-refractivity contribution in [3.05, 3.63) is 33.5 Å². The molecule has 0 bridgehead atoms. The van der Waals surface area contributed by atoms with Crippen LogP contribution in [0, 0.1) is 0 Å². The number of aryl methyl sites for hydroxylation is 1. The Balaban J connectivity index is 2.29. The normalized spacial score (nSPS) is 15.4. The number of carbonyl (C=O) groups is 2. The van der Waals surface area contributed by atoms with Crippen molar-refractivity contribution in [3.8, 4) is 0 Å². The van der Waals surface area contributed by atoms with Crippen molar-refractivity contribution in [1.29, 1.82) is 0 Å². The smallest absolute Gasteiger partial charge is 0.424 e. The van der Waals surface area contributed by atoms with Crippen LogP contribution >= 0.6 is 0 Å². The molecule has 2 aromatic heterocycles. The minimum absolute atomic E-state index is 0.0468. The zero-order valence-electron chi connectivity index (χ0n) is 17.8. The van der Waals surface area contributed by atoms with Gasteiger partial charge in [0, 0.05) is 46.8 Å². The third-order valence-corrected chi connectivity index (χ3v) is 5.03. The number of piperazine rings is 1. The van der Waals surface area contributed by atoms with E-state index in [4.69, 9.17) is 0 Å². The van der Waals surface area contributed by atoms with Crippen LogP contribution in [0.2, 0.25) is 0 Å². The molecule has 1 saturated heterocycles. The largest absolute Gasteiger partial charge is 0.491 e. The standard InChI is InChI=1S/C18H22F3N7O5/c1-4-7-27-10-11(24-16(27)26-8-5-23-6-9-26)25(3)17(32)28(13(10)30)14(12(29)22-2)33-15(31)18(19,20)21/h4,14,23H,1,5-9H2,2-3H3,(H,22,29). The van der Waals surface area contributed by atoms with Crippen LogP contribution in [0.25, 0.3) is 11.2 Å². The van der Waals surface area contributed by atoms with Gasteiger partial charge in [-0.2, -0.15) is 18.2 Å². The molecule has 33 heavy (non-hydrogen) atoms. The first-order chi connectivity index (χ1) is 15.5. The van der Waals surface area contributed by atoms with Crippen LogP contribution in [-0.4, -0.2) is 70.0 Å². The molecular formula is C18H22F3N7O5. The number of halogens is 3. The Kier molecular flexibility index (Phi) is 6.62. The highest BCUT2D eigenvalue weighted by Gasteiger charge is 2.44. The van der Waals surface area contributed by atoms with Gasteiger partial charge in [-0.3, -0.25) is 14.2 Å². The van der Waals surface area contributed by atoms with Crippen molar-refractivity contribution < 1.29 is 27.5 Å². The van der Waals surface area contributed by atoms with E-state index in [-0.39, 0.29) is 22.3 Å². The highest BCUT2D eigenvalue weighted by atomic mass is 19.4. The van der Waals surface area contributed by atoms with Crippen LogP contribution < -0.4 is 26.8 Å². The second-order valence-electron chi connectivity index (χ2n) is 7.11. The van der Waals surface area contributed by atoms with Gasteiger partial charge in [0.05, 0.1) is 0 Å². The quantitative estimate of drug-likeness (QED) is 0.397. The van der Waals surface area contributed by atoms with E-state index in [1.54, 1.807) is 0 Å². The van der Waals surface area contributed by atoms with E-state index < -0.39 is 35.5 Å². The summed E-state index contributed by atoms with van der Waals surface area (Å²) in [5, 5.41) is 5.16. The minimum Gasteiger partial charge on any atom is -0.424 e. The summed E-state index contributed by atoms with van der Waals surface area (Å²) in [4.78, 5) is 56.3. The number of ether oxygens (including phenoxy) is 1. The molecular weight excluding hydrogens is 451 g/mol. The number of aromatic nitrogens is 4. The molecule has 180 valence electrons. The lowest BCUT2D eigenvalue weighted by Gasteiger charge is -2.28. The molecule has 1 aliphatic rings. The van der Waals surface area contributed by atoms with Crippen molar-refractivity contribution in [1.82, 2.24) is 29.3 Å². The van der Waals surface area contributed by atoms with Gasteiger partial charge in [-0.15, -0.1) is 6.58 Å². The van der Waals surface area contributed by atoms with E-state index in [1.807, 2.05) is 10.2 Å². The van der Waals surface area contributed by atoms with Gasteiger partial charge in [-0.1, -0.05) is 6.08 Å². The number of fused-ring (bicyclic) bond motifs is 1. The number of imidazole rings is 1. The highest BCUT2D eigenvalue weighted by molar-refractivity contribution is 5.84. The molecule has 1 unspecified atom stereocenters. The number of amides is 1. The van der Waals surface area contributed by atoms with E-state index in [0.29, 0.717) is 32.1 Å². The zero-order valence-corrected chi connectivity index (χ0v) is 17.8. The molecule has 1 amide bonds. The fourth-order valence-corrected chi connectivity index (χ4v) is 3.46. The average molecular weight is 473 g/mol. The minimum atomic E-state index is -5.45. The van der Waals surface area contributed by atoms with Gasteiger partial charge in [-0.25, -0.2) is 14.2 Å². The first kappa shape index (κ1) is 24.0. The third-order valence-electron chi connectivity index (χ3n) is 5.03. The van der Waals surface area contributed by atoms with Gasteiger partial charge in [0.2, 0.25) is 5.95 Å². The van der Waals surface area contributed by atoms with E-state index in [2.05, 4.69) is 21.6 Å². The molecule has 0 saturated carbocycles. The van der Waals surface area contributed by atoms with Crippen molar-refractivity contribution in [2.24, 2.45) is 7.05 Å². The first-order valence-corrected chi connectivity index (χ1v) is 9.80. The molecule has 1 atom stereocenters. The molecule has 3 rings (SSSR count). The maximum Gasteiger partial charge on any atom is 0.491 e. The second kappa shape index (κ2) is 9.09. The number of allylic oxidation sites excluding steroid dienone is 1. The lowest BCUT2D eigenvalue weighted by Crippen LogP contribution is -2.49. The molecule has 0 radical (unpaired) electrons. The Hall–Kier alpha value is -3.62. The Morgan fingerprint density at radius 3 is 2.48 bits per heavy atom. The van der Waals surface area contributed by atoms with Gasteiger partial charge in [-0.05, 0) is 0 Å². The zero-order chi connectivity index (χ0) is 24.5. The van der Waals surface area contributed by atoms with Crippen molar-refractivity contribution >= 4 is 29.0 Å². The van der Waals surface area contributed by atoms with Crippen LogP contribution in [-0.2, 0) is 27.9 Å². The number of anilines is 1. The van der Waals surface area contributed by atoms with Crippen LogP contribution in [0.1, 0.15) is 6.23 Å². The van der Waals surface area contributed by atoms with Crippen molar-refractivity contribution in [3.63, 3.8) is 0 Å². The number of nitrogens with zero attached hydrogens (tertiary/aromatic N) is 5. The molecule has 0 spiro atoms. The predicted molar refractivity (Wildman–Crippen MR) is 110 cm³/mol. The van der Waals surface area contributed by atoms with Gasteiger partial charge in [0.1, 0.15) is 0 Å². The van der Waals surface area contributed by atoms with Crippen molar-refractivity contribution in [2.75, 3.05) is 38.1 Å². The number of esters is 1. The fourth-order valence-electron chi connectivity index (χ4n) is 3.46. The molecule has 1 aliphatic heterocycles. The Morgan fingerprint density at radius 2 is 1.94 bits per heavy atom. The number of alkyl halides is 3. The Labute approximate surface area is 184 Å². The summed E-state index contributed by atoms with van der Waals surface area (Å²) in [6.45, 7) is 6.12. The summed E-state index contributed by atoms with van der Waals surface area (Å²) in [6.07, 6.45) is -6.47. The number of rotatable bonds is 6. The lowest BCUT2D eigenvalue weighted by molar-refractivity contribution is -0.209. The highest BCUT2D eigenvalue weighted by Crippen LogP contribution is 2.22. The molecule has 0 aromatic carbocycles. The number of hydrogen-bond acceptors (Lipinski definition) is 8. The number of likely N-dealkylation sites (N-methyl/N-ethyl adjacent to an activating group) is 1. The van der Waals surface area contributed by atoms with Gasteiger partial charge < -0.3 is 24.8 Å². The monoisotopic (exact) mass is 473 g/mol. The third kappa shape index (κ3) is 4.35. The summed E-state index contributed by atoms with van der Waals surface area (Å²) >= 11 is 0. The Morgan fingerprint density at radius 1 is 1.30 bits per heavy atom. The molecule has 0 aliphatic carbocycles. The average Bonchev–Trinajstić information content (AvgIpc) is 3.16. The van der Waals surface area contributed by atoms with E-state index in [9.17, 15) is 32.3 Å². The van der Waals surface area contributed by atoms with Crippen molar-refractivity contribution in [2.45, 2.75) is 18.9 Å². The molecule has 15 heteroatoms. The fraction of sp³-hybridized carbons (Fsp3) is 0.500. The maximum atomic E-state index is 13.4. The predicted octanol–water partition coefficient (Wildman–Crippen LogP) is -1.16.